The van der Waals surface area contributed by atoms with Crippen LogP contribution >= 0.6 is 0 Å². The zero-order chi connectivity index (χ0) is 17.4. The molecule has 2 rings (SSSR count). The molecule has 0 aliphatic carbocycles. The van der Waals surface area contributed by atoms with Gasteiger partial charge in [-0.05, 0) is 48.7 Å². The Morgan fingerprint density at radius 2 is 1.96 bits per heavy atom. The molecular weight excluding hydrogens is 304 g/mol. The number of carboxylic acids is 1. The number of aromatic nitrogens is 1. The standard InChI is InChI=1S/C19H22N2O3/c1-2-3-5-15-7-9-16(10-8-15)20-18(22)14-21-13-4-6-17(21)11-12-19(23)24/h4,6-13H,2-3,5,14H2,1H3,(H,20,22)(H,23,24)/b12-11+. The Kier molecular flexibility index (Phi) is 6.37. The van der Waals surface area contributed by atoms with Gasteiger partial charge < -0.3 is 15.0 Å². The molecule has 5 heteroatoms. The van der Waals surface area contributed by atoms with Crippen molar-refractivity contribution >= 4 is 23.6 Å². The van der Waals surface area contributed by atoms with E-state index in [0.29, 0.717) is 5.69 Å². The molecule has 0 aliphatic heterocycles. The first kappa shape index (κ1) is 17.5. The highest BCUT2D eigenvalue weighted by Crippen LogP contribution is 2.12. The van der Waals surface area contributed by atoms with Gasteiger partial charge in [-0.1, -0.05) is 25.5 Å². The summed E-state index contributed by atoms with van der Waals surface area (Å²) in [5.74, 6) is -1.17. The highest BCUT2D eigenvalue weighted by molar-refractivity contribution is 5.91. The lowest BCUT2D eigenvalue weighted by Crippen LogP contribution is -2.18. The molecule has 0 bridgehead atoms. The predicted octanol–water partition coefficient (Wildman–Crippen LogP) is 3.57. The molecule has 0 aliphatic rings. The van der Waals surface area contributed by atoms with E-state index in [1.807, 2.05) is 24.3 Å². The van der Waals surface area contributed by atoms with Crippen molar-refractivity contribution in [2.45, 2.75) is 32.7 Å². The highest BCUT2D eigenvalue weighted by atomic mass is 16.4. The minimum atomic E-state index is -1.02. The van der Waals surface area contributed by atoms with Crippen LogP contribution in [0.2, 0.25) is 0 Å². The van der Waals surface area contributed by atoms with Gasteiger partial charge in [0.1, 0.15) is 6.54 Å². The van der Waals surface area contributed by atoms with Crippen LogP contribution in [0.4, 0.5) is 5.69 Å². The molecule has 1 aromatic heterocycles. The minimum absolute atomic E-state index is 0.129. The average molecular weight is 326 g/mol. The number of aliphatic carboxylic acids is 1. The molecule has 24 heavy (non-hydrogen) atoms. The third-order valence-corrected chi connectivity index (χ3v) is 3.63. The second-order valence-corrected chi connectivity index (χ2v) is 5.58. The van der Waals surface area contributed by atoms with Crippen molar-refractivity contribution in [2.75, 3.05) is 5.32 Å². The fourth-order valence-corrected chi connectivity index (χ4v) is 2.37. The fraction of sp³-hybridized carbons (Fsp3) is 0.263. The quantitative estimate of drug-likeness (QED) is 0.729. The molecule has 5 nitrogen and oxygen atoms in total. The van der Waals surface area contributed by atoms with Crippen LogP contribution in [0.15, 0.2) is 48.7 Å². The SMILES string of the molecule is CCCCc1ccc(NC(=O)Cn2cccc2/C=C/C(=O)O)cc1. The topological polar surface area (TPSA) is 71.3 Å². The molecule has 1 amide bonds. The second-order valence-electron chi connectivity index (χ2n) is 5.58. The smallest absolute Gasteiger partial charge is 0.328 e. The average Bonchev–Trinajstić information content (AvgIpc) is 2.99. The van der Waals surface area contributed by atoms with Gasteiger partial charge >= 0.3 is 5.97 Å². The Balaban J connectivity index is 1.94. The number of anilines is 1. The van der Waals surface area contributed by atoms with E-state index >= 15 is 0 Å². The molecule has 126 valence electrons. The monoisotopic (exact) mass is 326 g/mol. The number of hydrogen-bond acceptors (Lipinski definition) is 2. The van der Waals surface area contributed by atoms with Gasteiger partial charge in [0, 0.05) is 23.7 Å². The van der Waals surface area contributed by atoms with Crippen LogP contribution in [-0.4, -0.2) is 21.6 Å². The number of carboxylic acid groups (broad SMARTS) is 1. The van der Waals surface area contributed by atoms with Crippen molar-refractivity contribution in [3.63, 3.8) is 0 Å². The number of rotatable bonds is 8. The summed E-state index contributed by atoms with van der Waals surface area (Å²) in [6.07, 6.45) is 7.64. The summed E-state index contributed by atoms with van der Waals surface area (Å²) < 4.78 is 1.70. The number of carbonyl (C=O) groups is 2. The zero-order valence-electron chi connectivity index (χ0n) is 13.7. The maximum absolute atomic E-state index is 12.2. The normalized spacial score (nSPS) is 10.9. The summed E-state index contributed by atoms with van der Waals surface area (Å²) in [7, 11) is 0. The third-order valence-electron chi connectivity index (χ3n) is 3.63. The molecule has 1 aromatic carbocycles. The Morgan fingerprint density at radius 3 is 2.62 bits per heavy atom. The van der Waals surface area contributed by atoms with Crippen molar-refractivity contribution in [3.05, 3.63) is 59.9 Å². The molecule has 0 atom stereocenters. The van der Waals surface area contributed by atoms with Crippen LogP contribution in [0.3, 0.4) is 0 Å². The van der Waals surface area contributed by atoms with Gasteiger partial charge in [0.05, 0.1) is 0 Å². The summed E-state index contributed by atoms with van der Waals surface area (Å²) in [5, 5.41) is 11.5. The molecule has 1 heterocycles. The van der Waals surface area contributed by atoms with Gasteiger partial charge in [0.15, 0.2) is 0 Å². The number of amides is 1. The van der Waals surface area contributed by atoms with E-state index < -0.39 is 5.97 Å². The van der Waals surface area contributed by atoms with Crippen LogP contribution in [0.25, 0.3) is 6.08 Å². The number of benzene rings is 1. The van der Waals surface area contributed by atoms with E-state index in [1.54, 1.807) is 22.9 Å². The lowest BCUT2D eigenvalue weighted by Gasteiger charge is -2.09. The molecule has 2 N–H and O–H groups in total. The maximum Gasteiger partial charge on any atom is 0.328 e. The van der Waals surface area contributed by atoms with Crippen molar-refractivity contribution in [2.24, 2.45) is 0 Å². The number of nitrogens with one attached hydrogen (secondary N) is 1. The number of carbonyl (C=O) groups excluding carboxylic acids is 1. The third kappa shape index (κ3) is 5.43. The highest BCUT2D eigenvalue weighted by Gasteiger charge is 2.06. The molecule has 0 unspecified atom stereocenters. The summed E-state index contributed by atoms with van der Waals surface area (Å²) in [6, 6.07) is 11.4. The van der Waals surface area contributed by atoms with Crippen molar-refractivity contribution < 1.29 is 14.7 Å². The molecule has 0 fully saturated rings. The predicted molar refractivity (Wildman–Crippen MR) is 94.8 cm³/mol. The Morgan fingerprint density at radius 1 is 1.21 bits per heavy atom. The molecule has 0 spiro atoms. The van der Waals surface area contributed by atoms with Gasteiger partial charge in [-0.25, -0.2) is 4.79 Å². The van der Waals surface area contributed by atoms with E-state index in [1.165, 1.54) is 11.6 Å². The van der Waals surface area contributed by atoms with Gasteiger partial charge in [0.2, 0.25) is 5.91 Å². The van der Waals surface area contributed by atoms with E-state index in [-0.39, 0.29) is 12.5 Å². The lowest BCUT2D eigenvalue weighted by molar-refractivity contribution is -0.131. The first-order chi connectivity index (χ1) is 11.6. The Labute approximate surface area is 141 Å². The van der Waals surface area contributed by atoms with Crippen molar-refractivity contribution in [3.8, 4) is 0 Å². The van der Waals surface area contributed by atoms with E-state index in [4.69, 9.17) is 5.11 Å². The van der Waals surface area contributed by atoms with Gasteiger partial charge in [0.25, 0.3) is 0 Å². The molecule has 0 radical (unpaired) electrons. The van der Waals surface area contributed by atoms with Crippen LogP contribution in [-0.2, 0) is 22.6 Å². The lowest BCUT2D eigenvalue weighted by atomic mass is 10.1. The van der Waals surface area contributed by atoms with E-state index in [0.717, 1.165) is 31.0 Å². The van der Waals surface area contributed by atoms with E-state index in [9.17, 15) is 9.59 Å². The number of unbranched alkanes of at least 4 members (excludes halogenated alkanes) is 1. The Bertz CT molecular complexity index is 714. The molecule has 2 aromatic rings. The van der Waals surface area contributed by atoms with Gasteiger partial charge in [-0.3, -0.25) is 4.79 Å². The van der Waals surface area contributed by atoms with Crippen LogP contribution < -0.4 is 5.32 Å². The fourth-order valence-electron chi connectivity index (χ4n) is 2.37. The van der Waals surface area contributed by atoms with E-state index in [2.05, 4.69) is 12.2 Å². The summed E-state index contributed by atoms with van der Waals surface area (Å²) >= 11 is 0. The van der Waals surface area contributed by atoms with Crippen molar-refractivity contribution in [1.29, 1.82) is 0 Å². The van der Waals surface area contributed by atoms with Crippen LogP contribution in [0, 0.1) is 0 Å². The van der Waals surface area contributed by atoms with Crippen LogP contribution in [0.1, 0.15) is 31.0 Å². The largest absolute Gasteiger partial charge is 0.478 e. The van der Waals surface area contributed by atoms with Crippen LogP contribution in [0.5, 0.6) is 0 Å². The Hall–Kier alpha value is -2.82. The first-order valence-electron chi connectivity index (χ1n) is 8.03. The number of nitrogens with zero attached hydrogens (tertiary/aromatic N) is 1. The molecular formula is C19H22N2O3. The maximum atomic E-state index is 12.2. The summed E-state index contributed by atoms with van der Waals surface area (Å²) in [5.41, 5.74) is 2.69. The first-order valence-corrected chi connectivity index (χ1v) is 8.03. The zero-order valence-corrected chi connectivity index (χ0v) is 13.7. The summed E-state index contributed by atoms with van der Waals surface area (Å²) in [6.45, 7) is 2.29. The van der Waals surface area contributed by atoms with Crippen molar-refractivity contribution in [1.82, 2.24) is 4.57 Å². The number of hydrogen-bond donors (Lipinski definition) is 2. The number of aryl methyl sites for hydroxylation is 1. The second kappa shape index (κ2) is 8.72. The molecule has 0 saturated heterocycles. The summed E-state index contributed by atoms with van der Waals surface area (Å²) in [4.78, 5) is 22.7. The molecule has 0 saturated carbocycles. The van der Waals surface area contributed by atoms with Gasteiger partial charge in [-0.15, -0.1) is 0 Å². The van der Waals surface area contributed by atoms with Gasteiger partial charge in [-0.2, -0.15) is 0 Å². The minimum Gasteiger partial charge on any atom is -0.478 e.